The Labute approximate surface area is 229 Å². The van der Waals surface area contributed by atoms with Gasteiger partial charge in [-0.1, -0.05) is 18.2 Å². The molecule has 40 heavy (non-hydrogen) atoms. The topological polar surface area (TPSA) is 90.7 Å². The number of carbonyl (C=O) groups is 1. The van der Waals surface area contributed by atoms with Gasteiger partial charge in [-0.25, -0.2) is 17.8 Å². The third-order valence-electron chi connectivity index (χ3n) is 6.56. The molecule has 1 atom stereocenters. The van der Waals surface area contributed by atoms with E-state index in [-0.39, 0.29) is 48.6 Å². The Morgan fingerprint density at radius 3 is 2.52 bits per heavy atom. The molecule has 0 N–H and O–H groups in total. The highest BCUT2D eigenvalue weighted by Crippen LogP contribution is 2.29. The fourth-order valence-corrected chi connectivity index (χ4v) is 5.99. The van der Waals surface area contributed by atoms with Gasteiger partial charge in [0.1, 0.15) is 5.82 Å². The van der Waals surface area contributed by atoms with Crippen LogP contribution in [0.3, 0.4) is 0 Å². The van der Waals surface area contributed by atoms with Crippen molar-refractivity contribution in [3.8, 4) is 0 Å². The van der Waals surface area contributed by atoms with Crippen LogP contribution in [0.4, 0.5) is 17.6 Å². The van der Waals surface area contributed by atoms with Crippen molar-refractivity contribution < 1.29 is 40.2 Å². The molecule has 0 bridgehead atoms. The maximum atomic E-state index is 14.3. The zero-order valence-electron chi connectivity index (χ0n) is 21.7. The van der Waals surface area contributed by atoms with Crippen LogP contribution in [0.25, 0.3) is 0 Å². The molecule has 8 nitrogen and oxygen atoms in total. The van der Waals surface area contributed by atoms with Crippen LogP contribution >= 0.6 is 0 Å². The first kappa shape index (κ1) is 29.7. The van der Waals surface area contributed by atoms with Gasteiger partial charge in [0.2, 0.25) is 15.0 Å². The lowest BCUT2D eigenvalue weighted by Gasteiger charge is -2.24. The van der Waals surface area contributed by atoms with Gasteiger partial charge in [-0.05, 0) is 43.2 Å². The minimum Gasteiger partial charge on any atom is -0.383 e. The number of carbonyl (C=O) groups excluding carboxylic acids is 1. The number of hydrogen-bond acceptors (Lipinski definition) is 6. The van der Waals surface area contributed by atoms with Gasteiger partial charge in [-0.3, -0.25) is 4.79 Å². The zero-order valence-corrected chi connectivity index (χ0v) is 22.5. The monoisotopic (exact) mass is 583 g/mol. The number of aromatic nitrogens is 2. The first-order chi connectivity index (χ1) is 19.0. The van der Waals surface area contributed by atoms with Gasteiger partial charge in [0.15, 0.2) is 0 Å². The Balaban J connectivity index is 1.66. The molecule has 13 heteroatoms. The molecule has 1 saturated heterocycles. The summed E-state index contributed by atoms with van der Waals surface area (Å²) in [6.45, 7) is 0.785. The summed E-state index contributed by atoms with van der Waals surface area (Å²) in [5, 5.41) is -0.282. The van der Waals surface area contributed by atoms with E-state index < -0.39 is 39.1 Å². The summed E-state index contributed by atoms with van der Waals surface area (Å²) in [5.41, 5.74) is -0.484. The summed E-state index contributed by atoms with van der Waals surface area (Å²) in [6, 6.07) is 9.42. The van der Waals surface area contributed by atoms with Gasteiger partial charge in [0, 0.05) is 31.4 Å². The van der Waals surface area contributed by atoms with Crippen LogP contribution in [0.15, 0.2) is 59.9 Å². The summed E-state index contributed by atoms with van der Waals surface area (Å²) >= 11 is 0. The van der Waals surface area contributed by atoms with Crippen molar-refractivity contribution in [2.45, 2.75) is 49.1 Å². The van der Waals surface area contributed by atoms with Gasteiger partial charge in [-0.2, -0.15) is 13.2 Å². The molecule has 1 fully saturated rings. The molecule has 216 valence electrons. The first-order valence-electron chi connectivity index (χ1n) is 12.6. The average Bonchev–Trinajstić information content (AvgIpc) is 3.58. The second-order valence-electron chi connectivity index (χ2n) is 9.42. The lowest BCUT2D eigenvalue weighted by Crippen LogP contribution is -2.35. The highest BCUT2D eigenvalue weighted by molar-refractivity contribution is 7.90. The van der Waals surface area contributed by atoms with Crippen molar-refractivity contribution in [1.29, 1.82) is 0 Å². The van der Waals surface area contributed by atoms with E-state index in [4.69, 9.17) is 9.47 Å². The van der Waals surface area contributed by atoms with Crippen molar-refractivity contribution in [2.24, 2.45) is 0 Å². The number of benzene rings is 2. The second kappa shape index (κ2) is 12.5. The predicted octanol–water partition coefficient (Wildman–Crippen LogP) is 4.48. The van der Waals surface area contributed by atoms with E-state index in [0.29, 0.717) is 18.7 Å². The van der Waals surface area contributed by atoms with Crippen LogP contribution in [0.2, 0.25) is 0 Å². The lowest BCUT2D eigenvalue weighted by atomic mass is 10.1. The molecule has 4 rings (SSSR count). The van der Waals surface area contributed by atoms with Crippen molar-refractivity contribution in [3.05, 3.63) is 82.9 Å². The van der Waals surface area contributed by atoms with Crippen LogP contribution in [0.1, 0.15) is 40.0 Å². The quantitative estimate of drug-likeness (QED) is 0.309. The fraction of sp³-hybridized carbons (Fsp3) is 0.407. The van der Waals surface area contributed by atoms with Gasteiger partial charge in [0.25, 0.3) is 5.91 Å². The van der Waals surface area contributed by atoms with E-state index in [1.165, 1.54) is 41.0 Å². The Hall–Kier alpha value is -3.29. The predicted molar refractivity (Wildman–Crippen MR) is 137 cm³/mol. The van der Waals surface area contributed by atoms with Gasteiger partial charge in [-0.15, -0.1) is 0 Å². The third-order valence-corrected chi connectivity index (χ3v) is 8.13. The molecule has 1 aliphatic heterocycles. The summed E-state index contributed by atoms with van der Waals surface area (Å²) < 4.78 is 92.4. The number of nitrogens with zero attached hydrogens (tertiary/aromatic N) is 3. The average molecular weight is 584 g/mol. The van der Waals surface area contributed by atoms with Gasteiger partial charge >= 0.3 is 6.18 Å². The number of sulfone groups is 1. The molecule has 0 aliphatic carbocycles. The minimum atomic E-state index is -4.54. The standard InChI is InChI=1S/C27H29F4N3O5S/c1-38-14-12-33(25(35)19-8-10-21(11-9-19)27(29,30)31)16-22-15-32-26(34(22)17-23-6-4-13-39-23)40(36,37)18-20-5-2-3-7-24(20)28/h2-3,5,7-11,15,23H,4,6,12-14,16-18H2,1H3. The molecule has 3 aromatic rings. The number of methoxy groups -OCH3 is 1. The summed E-state index contributed by atoms with van der Waals surface area (Å²) in [4.78, 5) is 18.8. The maximum absolute atomic E-state index is 14.3. The van der Waals surface area contributed by atoms with E-state index in [0.717, 1.165) is 30.7 Å². The van der Waals surface area contributed by atoms with Crippen LogP contribution in [-0.2, 0) is 44.3 Å². The summed E-state index contributed by atoms with van der Waals surface area (Å²) in [6.07, 6.45) is -1.99. The molecule has 0 radical (unpaired) electrons. The molecule has 2 aromatic carbocycles. The Kier molecular flexibility index (Phi) is 9.26. The van der Waals surface area contributed by atoms with E-state index in [1.54, 1.807) is 6.07 Å². The maximum Gasteiger partial charge on any atom is 0.416 e. The SMILES string of the molecule is COCCN(Cc1cnc(S(=O)(=O)Cc2ccccc2F)n1CC1CCCO1)C(=O)c1ccc(C(F)(F)F)cc1. The van der Waals surface area contributed by atoms with Crippen molar-refractivity contribution in [2.75, 3.05) is 26.9 Å². The van der Waals surface area contributed by atoms with E-state index in [1.807, 2.05) is 0 Å². The molecule has 1 unspecified atom stereocenters. The molecule has 0 spiro atoms. The summed E-state index contributed by atoms with van der Waals surface area (Å²) in [7, 11) is -2.67. The number of rotatable bonds is 11. The van der Waals surface area contributed by atoms with Gasteiger partial charge < -0.3 is 18.9 Å². The van der Waals surface area contributed by atoms with E-state index >= 15 is 0 Å². The van der Waals surface area contributed by atoms with Crippen LogP contribution in [-0.4, -0.2) is 61.7 Å². The lowest BCUT2D eigenvalue weighted by molar-refractivity contribution is -0.137. The van der Waals surface area contributed by atoms with E-state index in [9.17, 15) is 30.8 Å². The fourth-order valence-electron chi connectivity index (χ4n) is 4.47. The van der Waals surface area contributed by atoms with Crippen LogP contribution < -0.4 is 0 Å². The molecule has 1 aliphatic rings. The summed E-state index contributed by atoms with van der Waals surface area (Å²) in [5.74, 6) is -1.83. The third kappa shape index (κ3) is 7.07. The van der Waals surface area contributed by atoms with Crippen molar-refractivity contribution in [3.63, 3.8) is 0 Å². The number of imidazole rings is 1. The van der Waals surface area contributed by atoms with Crippen LogP contribution in [0.5, 0.6) is 0 Å². The minimum absolute atomic E-state index is 0.00470. The first-order valence-corrected chi connectivity index (χ1v) is 14.2. The normalized spacial score (nSPS) is 15.9. The number of alkyl halides is 3. The molecule has 1 aromatic heterocycles. The Morgan fingerprint density at radius 2 is 1.90 bits per heavy atom. The number of hydrogen-bond donors (Lipinski definition) is 0. The highest BCUT2D eigenvalue weighted by Gasteiger charge is 2.31. The molecule has 1 amide bonds. The molecule has 2 heterocycles. The molecular weight excluding hydrogens is 554 g/mol. The number of halogens is 4. The van der Waals surface area contributed by atoms with Crippen molar-refractivity contribution in [1.82, 2.24) is 14.5 Å². The van der Waals surface area contributed by atoms with Crippen LogP contribution in [0, 0.1) is 5.82 Å². The van der Waals surface area contributed by atoms with Crippen molar-refractivity contribution >= 4 is 15.7 Å². The second-order valence-corrected chi connectivity index (χ2v) is 11.3. The van der Waals surface area contributed by atoms with E-state index in [2.05, 4.69) is 4.98 Å². The zero-order chi connectivity index (χ0) is 28.9. The highest BCUT2D eigenvalue weighted by atomic mass is 32.2. The van der Waals surface area contributed by atoms with Gasteiger partial charge in [0.05, 0.1) is 49.0 Å². The Bertz CT molecular complexity index is 1420. The molecular formula is C27H29F4N3O5S. The largest absolute Gasteiger partial charge is 0.416 e. The number of amides is 1. The Morgan fingerprint density at radius 1 is 1.18 bits per heavy atom. The smallest absolute Gasteiger partial charge is 0.383 e. The number of ether oxygens (including phenoxy) is 2. The molecule has 0 saturated carbocycles.